The van der Waals surface area contributed by atoms with Crippen LogP contribution in [0.2, 0.25) is 0 Å². The number of amides is 1. The van der Waals surface area contributed by atoms with E-state index < -0.39 is 0 Å². The van der Waals surface area contributed by atoms with Crippen molar-refractivity contribution in [2.75, 3.05) is 5.32 Å². The second-order valence-electron chi connectivity index (χ2n) is 4.82. The zero-order valence-corrected chi connectivity index (χ0v) is 11.0. The molecular formula is C13H16N2OS. The molecule has 0 radical (unpaired) electrons. The summed E-state index contributed by atoms with van der Waals surface area (Å²) in [5.74, 6) is 0.351. The van der Waals surface area contributed by atoms with Crippen molar-refractivity contribution >= 4 is 22.2 Å². The summed E-state index contributed by atoms with van der Waals surface area (Å²) >= 11 is 1.57. The Kier molecular flexibility index (Phi) is 3.49. The van der Waals surface area contributed by atoms with E-state index in [0.29, 0.717) is 17.9 Å². The Morgan fingerprint density at radius 3 is 2.94 bits per heavy atom. The largest absolute Gasteiger partial charge is 0.317 e. The van der Waals surface area contributed by atoms with E-state index >= 15 is 0 Å². The first-order valence-corrected chi connectivity index (χ1v) is 6.78. The summed E-state index contributed by atoms with van der Waals surface area (Å²) in [6, 6.07) is 2.23. The molecule has 4 heteroatoms. The third-order valence-electron chi connectivity index (χ3n) is 2.88. The highest BCUT2D eigenvalue weighted by atomic mass is 32.1. The summed E-state index contributed by atoms with van der Waals surface area (Å²) in [6.45, 7) is 4.03. The van der Waals surface area contributed by atoms with E-state index in [1.165, 1.54) is 4.88 Å². The van der Waals surface area contributed by atoms with Gasteiger partial charge < -0.3 is 5.32 Å². The average Bonchev–Trinajstić information content (AvgIpc) is 2.75. The van der Waals surface area contributed by atoms with Gasteiger partial charge in [0.25, 0.3) is 0 Å². The van der Waals surface area contributed by atoms with Crippen LogP contribution in [0.3, 0.4) is 0 Å². The van der Waals surface area contributed by atoms with E-state index in [1.54, 1.807) is 11.3 Å². The van der Waals surface area contributed by atoms with Crippen molar-refractivity contribution in [2.24, 2.45) is 5.92 Å². The molecule has 17 heavy (non-hydrogen) atoms. The second-order valence-corrected chi connectivity index (χ2v) is 5.92. The van der Waals surface area contributed by atoms with Crippen molar-refractivity contribution in [3.8, 4) is 6.07 Å². The standard InChI is InChI=1S/C13H16N2OS/c1-8(2)6-12(16)15-13-10(7-14)9-4-3-5-11(9)17-13/h8H,3-6H2,1-2H3,(H,15,16). The maximum atomic E-state index is 11.7. The van der Waals surface area contributed by atoms with Crippen molar-refractivity contribution in [1.29, 1.82) is 5.26 Å². The van der Waals surface area contributed by atoms with E-state index in [-0.39, 0.29) is 5.91 Å². The molecule has 2 rings (SSSR count). The fourth-order valence-corrected chi connectivity index (χ4v) is 3.41. The number of carbonyl (C=O) groups is 1. The lowest BCUT2D eigenvalue weighted by atomic mass is 10.1. The summed E-state index contributed by atoms with van der Waals surface area (Å²) in [6.07, 6.45) is 3.67. The summed E-state index contributed by atoms with van der Waals surface area (Å²) in [7, 11) is 0. The minimum atomic E-state index is 0.0106. The SMILES string of the molecule is CC(C)CC(=O)Nc1sc2c(c1C#N)CCC2. The van der Waals surface area contributed by atoms with Gasteiger partial charge in [0.2, 0.25) is 5.91 Å². The number of hydrogen-bond acceptors (Lipinski definition) is 3. The summed E-state index contributed by atoms with van der Waals surface area (Å²) in [5.41, 5.74) is 1.86. The third kappa shape index (κ3) is 2.50. The molecule has 0 spiro atoms. The Bertz CT molecular complexity index is 482. The molecule has 1 N–H and O–H groups in total. The van der Waals surface area contributed by atoms with Crippen LogP contribution < -0.4 is 5.32 Å². The topological polar surface area (TPSA) is 52.9 Å². The molecule has 1 aromatic heterocycles. The van der Waals surface area contributed by atoms with Gasteiger partial charge in [-0.2, -0.15) is 5.26 Å². The highest BCUT2D eigenvalue weighted by molar-refractivity contribution is 7.16. The van der Waals surface area contributed by atoms with Gasteiger partial charge in [-0.3, -0.25) is 4.79 Å². The number of carbonyl (C=O) groups excluding carboxylic acids is 1. The van der Waals surface area contributed by atoms with Crippen LogP contribution in [0.15, 0.2) is 0 Å². The van der Waals surface area contributed by atoms with Crippen LogP contribution in [-0.2, 0) is 17.6 Å². The maximum absolute atomic E-state index is 11.7. The van der Waals surface area contributed by atoms with Gasteiger partial charge in [-0.15, -0.1) is 11.3 Å². The first-order valence-electron chi connectivity index (χ1n) is 5.96. The Labute approximate surface area is 105 Å². The van der Waals surface area contributed by atoms with Crippen LogP contribution in [0.1, 0.15) is 42.7 Å². The van der Waals surface area contributed by atoms with Gasteiger partial charge in [0.15, 0.2) is 0 Å². The predicted molar refractivity (Wildman–Crippen MR) is 69.1 cm³/mol. The van der Waals surface area contributed by atoms with Crippen LogP contribution in [0, 0.1) is 17.2 Å². The van der Waals surface area contributed by atoms with Crippen LogP contribution in [-0.4, -0.2) is 5.91 Å². The van der Waals surface area contributed by atoms with E-state index in [9.17, 15) is 10.1 Å². The second kappa shape index (κ2) is 4.89. The molecular weight excluding hydrogens is 232 g/mol. The number of nitrogens with one attached hydrogen (secondary N) is 1. The van der Waals surface area contributed by atoms with Gasteiger partial charge in [0.1, 0.15) is 11.1 Å². The number of nitriles is 1. The Balaban J connectivity index is 2.17. The van der Waals surface area contributed by atoms with Gasteiger partial charge in [-0.1, -0.05) is 13.8 Å². The monoisotopic (exact) mass is 248 g/mol. The molecule has 90 valence electrons. The highest BCUT2D eigenvalue weighted by Crippen LogP contribution is 2.38. The molecule has 1 aliphatic carbocycles. The lowest BCUT2D eigenvalue weighted by Crippen LogP contribution is -2.13. The van der Waals surface area contributed by atoms with Crippen molar-refractivity contribution in [3.05, 3.63) is 16.0 Å². The summed E-state index contributed by atoms with van der Waals surface area (Å²) in [4.78, 5) is 13.0. The highest BCUT2D eigenvalue weighted by Gasteiger charge is 2.23. The van der Waals surface area contributed by atoms with E-state index in [2.05, 4.69) is 11.4 Å². The van der Waals surface area contributed by atoms with E-state index in [0.717, 1.165) is 29.8 Å². The van der Waals surface area contributed by atoms with Gasteiger partial charge in [0.05, 0.1) is 5.56 Å². The molecule has 0 aromatic carbocycles. The number of hydrogen-bond donors (Lipinski definition) is 1. The van der Waals surface area contributed by atoms with Gasteiger partial charge in [0, 0.05) is 11.3 Å². The van der Waals surface area contributed by atoms with Gasteiger partial charge >= 0.3 is 0 Å². The lowest BCUT2D eigenvalue weighted by Gasteiger charge is -2.05. The van der Waals surface area contributed by atoms with Crippen molar-refractivity contribution in [1.82, 2.24) is 0 Å². The van der Waals surface area contributed by atoms with E-state index in [4.69, 9.17) is 0 Å². The number of aryl methyl sites for hydroxylation is 1. The molecule has 0 aliphatic heterocycles. The quantitative estimate of drug-likeness (QED) is 0.893. The van der Waals surface area contributed by atoms with Crippen LogP contribution in [0.25, 0.3) is 0 Å². The molecule has 0 bridgehead atoms. The summed E-state index contributed by atoms with van der Waals surface area (Å²) in [5, 5.41) is 12.8. The predicted octanol–water partition coefficient (Wildman–Crippen LogP) is 3.09. The van der Waals surface area contributed by atoms with E-state index in [1.807, 2.05) is 13.8 Å². The number of thiophene rings is 1. The number of anilines is 1. The van der Waals surface area contributed by atoms with Crippen LogP contribution in [0.5, 0.6) is 0 Å². The van der Waals surface area contributed by atoms with Crippen molar-refractivity contribution in [3.63, 3.8) is 0 Å². The molecule has 0 saturated heterocycles. The normalized spacial score (nSPS) is 13.5. The first kappa shape index (κ1) is 12.1. The molecule has 1 amide bonds. The number of nitrogens with zero attached hydrogens (tertiary/aromatic N) is 1. The zero-order chi connectivity index (χ0) is 12.4. The maximum Gasteiger partial charge on any atom is 0.225 e. The van der Waals surface area contributed by atoms with Gasteiger partial charge in [-0.05, 0) is 30.7 Å². The average molecular weight is 248 g/mol. The fourth-order valence-electron chi connectivity index (χ4n) is 2.16. The molecule has 3 nitrogen and oxygen atoms in total. The Morgan fingerprint density at radius 1 is 1.53 bits per heavy atom. The fraction of sp³-hybridized carbons (Fsp3) is 0.538. The van der Waals surface area contributed by atoms with Crippen molar-refractivity contribution in [2.45, 2.75) is 39.5 Å². The molecule has 0 fully saturated rings. The first-order chi connectivity index (χ1) is 8.11. The number of rotatable bonds is 3. The van der Waals surface area contributed by atoms with Gasteiger partial charge in [-0.25, -0.2) is 0 Å². The molecule has 1 aliphatic rings. The molecule has 1 aromatic rings. The minimum absolute atomic E-state index is 0.0106. The Hall–Kier alpha value is -1.34. The summed E-state index contributed by atoms with van der Waals surface area (Å²) < 4.78 is 0. The molecule has 0 unspecified atom stereocenters. The Morgan fingerprint density at radius 2 is 2.29 bits per heavy atom. The smallest absolute Gasteiger partial charge is 0.225 e. The van der Waals surface area contributed by atoms with Crippen LogP contribution in [0.4, 0.5) is 5.00 Å². The zero-order valence-electron chi connectivity index (χ0n) is 10.2. The molecule has 1 heterocycles. The lowest BCUT2D eigenvalue weighted by molar-refractivity contribution is -0.116. The molecule has 0 atom stereocenters. The molecule has 0 saturated carbocycles. The number of fused-ring (bicyclic) bond motifs is 1. The minimum Gasteiger partial charge on any atom is -0.317 e. The third-order valence-corrected chi connectivity index (χ3v) is 4.09. The van der Waals surface area contributed by atoms with Crippen LogP contribution >= 0.6 is 11.3 Å². The van der Waals surface area contributed by atoms with Crippen molar-refractivity contribution < 1.29 is 4.79 Å².